The number of carbonyl (C=O) groups excluding carboxylic acids is 2. The third kappa shape index (κ3) is 7.04. The Morgan fingerprint density at radius 3 is 2.68 bits per heavy atom. The first kappa shape index (κ1) is 20.8. The highest BCUT2D eigenvalue weighted by Gasteiger charge is 2.23. The van der Waals surface area contributed by atoms with Crippen LogP contribution in [-0.4, -0.2) is 50.1 Å². The molecular weight excluding hydrogens is 326 g/mol. The van der Waals surface area contributed by atoms with E-state index >= 15 is 0 Å². The summed E-state index contributed by atoms with van der Waals surface area (Å²) < 4.78 is 1.65. The lowest BCUT2D eigenvalue weighted by molar-refractivity contribution is -0.141. The number of aliphatic hydroxyl groups is 1. The van der Waals surface area contributed by atoms with Crippen LogP contribution in [0.25, 0.3) is 0 Å². The van der Waals surface area contributed by atoms with Gasteiger partial charge in [-0.3, -0.25) is 4.79 Å². The van der Waals surface area contributed by atoms with Gasteiger partial charge >= 0.3 is 5.97 Å². The Hall–Kier alpha value is -2.22. The molecule has 8 nitrogen and oxygen atoms in total. The van der Waals surface area contributed by atoms with E-state index in [1.165, 1.54) is 13.3 Å². The zero-order valence-electron chi connectivity index (χ0n) is 14.7. The van der Waals surface area contributed by atoms with Gasteiger partial charge in [0, 0.05) is 26.0 Å². The molecule has 1 heterocycles. The van der Waals surface area contributed by atoms with Crippen LogP contribution in [0.1, 0.15) is 57.7 Å². The monoisotopic (exact) mass is 353 g/mol. The lowest BCUT2D eigenvalue weighted by Gasteiger charge is -2.22. The van der Waals surface area contributed by atoms with Crippen LogP contribution >= 0.6 is 0 Å². The van der Waals surface area contributed by atoms with Gasteiger partial charge < -0.3 is 24.9 Å². The number of carbonyl (C=O) groups is 3. The Morgan fingerprint density at radius 1 is 1.40 bits per heavy atom. The van der Waals surface area contributed by atoms with E-state index in [0.29, 0.717) is 12.1 Å². The average Bonchev–Trinajstić information content (AvgIpc) is 2.99. The molecule has 0 spiro atoms. The lowest BCUT2D eigenvalue weighted by Crippen LogP contribution is -2.41. The third-order valence-electron chi connectivity index (χ3n) is 4.01. The van der Waals surface area contributed by atoms with Gasteiger partial charge in [-0.15, -0.1) is 0 Å². The number of amides is 1. The molecule has 0 aliphatic carbocycles. The molecule has 0 aromatic carbocycles. The van der Waals surface area contributed by atoms with Crippen LogP contribution in [-0.2, 0) is 20.8 Å². The normalized spacial score (nSPS) is 14.5. The first-order valence-corrected chi connectivity index (χ1v) is 8.53. The number of rotatable bonds is 12. The minimum absolute atomic E-state index is 0.0294. The van der Waals surface area contributed by atoms with Crippen molar-refractivity contribution in [1.29, 1.82) is 0 Å². The Morgan fingerprint density at radius 2 is 2.12 bits per heavy atom. The van der Waals surface area contributed by atoms with E-state index in [4.69, 9.17) is 5.11 Å². The molecular formula is C17H27N3O5. The van der Waals surface area contributed by atoms with E-state index in [2.05, 4.69) is 17.2 Å². The van der Waals surface area contributed by atoms with Gasteiger partial charge in [0.25, 0.3) is 0 Å². The number of hydrogen-bond acceptors (Lipinski definition) is 5. The highest BCUT2D eigenvalue weighted by Crippen LogP contribution is 2.21. The second kappa shape index (κ2) is 10.6. The Labute approximate surface area is 147 Å². The summed E-state index contributed by atoms with van der Waals surface area (Å²) in [6.07, 6.45) is 6.88. The molecule has 0 fully saturated rings. The average molecular weight is 353 g/mol. The van der Waals surface area contributed by atoms with Crippen molar-refractivity contribution < 1.29 is 24.6 Å². The fourth-order valence-electron chi connectivity index (χ4n) is 2.69. The molecule has 0 aliphatic rings. The van der Waals surface area contributed by atoms with Gasteiger partial charge in [-0.05, 0) is 6.42 Å². The van der Waals surface area contributed by atoms with Crippen LogP contribution < -0.4 is 5.32 Å². The molecule has 0 radical (unpaired) electrons. The number of aromatic nitrogens is 2. The van der Waals surface area contributed by atoms with Crippen molar-refractivity contribution in [1.82, 2.24) is 14.9 Å². The van der Waals surface area contributed by atoms with Crippen molar-refractivity contribution in [3.05, 3.63) is 18.2 Å². The standard InChI is InChI=1S/C17H27N3O5/c1-3-4-5-6-16(23)15(7-8-21)20-10-13(18-11-20)9-14(17(24)25)19-12(2)22/h8,10-11,14-16,23H,3-7,9H2,1-2H3,(H,19,22)(H,24,25). The summed E-state index contributed by atoms with van der Waals surface area (Å²) in [5, 5.41) is 21.9. The van der Waals surface area contributed by atoms with Crippen molar-refractivity contribution >= 4 is 18.2 Å². The van der Waals surface area contributed by atoms with Gasteiger partial charge in [-0.1, -0.05) is 26.2 Å². The van der Waals surface area contributed by atoms with Crippen LogP contribution in [0.2, 0.25) is 0 Å². The molecule has 8 heteroatoms. The molecule has 3 atom stereocenters. The Balaban J connectivity index is 2.81. The van der Waals surface area contributed by atoms with Gasteiger partial charge in [0.1, 0.15) is 12.3 Å². The van der Waals surface area contributed by atoms with Crippen LogP contribution in [0.5, 0.6) is 0 Å². The van der Waals surface area contributed by atoms with E-state index < -0.39 is 30.1 Å². The first-order chi connectivity index (χ1) is 11.9. The van der Waals surface area contributed by atoms with Crippen LogP contribution in [0.4, 0.5) is 0 Å². The molecule has 0 aliphatic heterocycles. The largest absolute Gasteiger partial charge is 0.480 e. The van der Waals surface area contributed by atoms with Gasteiger partial charge in [0.05, 0.1) is 24.2 Å². The molecule has 3 N–H and O–H groups in total. The van der Waals surface area contributed by atoms with Crippen molar-refractivity contribution in [3.8, 4) is 0 Å². The Kier molecular flexibility index (Phi) is 8.83. The maximum absolute atomic E-state index is 11.2. The number of aliphatic hydroxyl groups excluding tert-OH is 1. The minimum atomic E-state index is -1.14. The lowest BCUT2D eigenvalue weighted by atomic mass is 10.0. The number of nitrogens with one attached hydrogen (secondary N) is 1. The van der Waals surface area contributed by atoms with Crippen molar-refractivity contribution in [2.75, 3.05) is 0 Å². The highest BCUT2D eigenvalue weighted by atomic mass is 16.4. The number of imidazole rings is 1. The zero-order valence-corrected chi connectivity index (χ0v) is 14.7. The summed E-state index contributed by atoms with van der Waals surface area (Å²) in [5.74, 6) is -1.58. The number of unbranched alkanes of at least 4 members (excludes halogenated alkanes) is 2. The second-order valence-corrected chi connectivity index (χ2v) is 6.14. The summed E-state index contributed by atoms with van der Waals surface area (Å²) in [6.45, 7) is 3.33. The van der Waals surface area contributed by atoms with Crippen molar-refractivity contribution in [2.24, 2.45) is 0 Å². The summed E-state index contributed by atoms with van der Waals surface area (Å²) in [6, 6.07) is -1.50. The van der Waals surface area contributed by atoms with Crippen molar-refractivity contribution in [2.45, 2.75) is 70.6 Å². The number of hydrogen-bond donors (Lipinski definition) is 3. The molecule has 1 aromatic heterocycles. The van der Waals surface area contributed by atoms with Crippen LogP contribution in [0.3, 0.4) is 0 Å². The number of carboxylic acids is 1. The fraction of sp³-hybridized carbons (Fsp3) is 0.647. The summed E-state index contributed by atoms with van der Waals surface area (Å²) in [4.78, 5) is 37.4. The molecule has 0 bridgehead atoms. The number of aliphatic carboxylic acids is 1. The van der Waals surface area contributed by atoms with Gasteiger partial charge in [0.15, 0.2) is 0 Å². The summed E-state index contributed by atoms with van der Waals surface area (Å²) in [7, 11) is 0. The zero-order chi connectivity index (χ0) is 18.8. The molecule has 25 heavy (non-hydrogen) atoms. The molecule has 1 aromatic rings. The van der Waals surface area contributed by atoms with Gasteiger partial charge in [-0.25, -0.2) is 9.78 Å². The molecule has 0 saturated carbocycles. The predicted octanol–water partition coefficient (Wildman–Crippen LogP) is 1.09. The van der Waals surface area contributed by atoms with E-state index in [0.717, 1.165) is 25.5 Å². The Bertz CT molecular complexity index is 572. The molecule has 140 valence electrons. The fourth-order valence-corrected chi connectivity index (χ4v) is 2.69. The van der Waals surface area contributed by atoms with Crippen LogP contribution in [0.15, 0.2) is 12.5 Å². The maximum atomic E-state index is 11.2. The van der Waals surface area contributed by atoms with Crippen LogP contribution in [0, 0.1) is 0 Å². The quantitative estimate of drug-likeness (QED) is 0.382. The minimum Gasteiger partial charge on any atom is -0.480 e. The van der Waals surface area contributed by atoms with E-state index in [1.54, 1.807) is 10.8 Å². The molecule has 0 saturated heterocycles. The highest BCUT2D eigenvalue weighted by molar-refractivity contribution is 5.82. The second-order valence-electron chi connectivity index (χ2n) is 6.14. The summed E-state index contributed by atoms with van der Waals surface area (Å²) >= 11 is 0. The molecule has 3 unspecified atom stereocenters. The van der Waals surface area contributed by atoms with Gasteiger partial charge in [0.2, 0.25) is 5.91 Å². The maximum Gasteiger partial charge on any atom is 0.326 e. The number of carboxylic acid groups (broad SMARTS) is 1. The summed E-state index contributed by atoms with van der Waals surface area (Å²) in [5.41, 5.74) is 0.470. The smallest absolute Gasteiger partial charge is 0.326 e. The van der Waals surface area contributed by atoms with Crippen molar-refractivity contribution in [3.63, 3.8) is 0 Å². The number of aldehydes is 1. The van der Waals surface area contributed by atoms with E-state index in [9.17, 15) is 19.5 Å². The number of nitrogens with zero attached hydrogens (tertiary/aromatic N) is 2. The topological polar surface area (TPSA) is 122 Å². The van der Waals surface area contributed by atoms with E-state index in [1.807, 2.05) is 0 Å². The molecule has 1 rings (SSSR count). The third-order valence-corrected chi connectivity index (χ3v) is 4.01. The molecule has 1 amide bonds. The predicted molar refractivity (Wildman–Crippen MR) is 91.0 cm³/mol. The van der Waals surface area contributed by atoms with E-state index in [-0.39, 0.29) is 12.8 Å². The first-order valence-electron chi connectivity index (χ1n) is 8.53. The SMILES string of the molecule is CCCCCC(O)C(CC=O)n1cnc(CC(NC(C)=O)C(=O)O)c1. The van der Waals surface area contributed by atoms with Gasteiger partial charge in [-0.2, -0.15) is 0 Å².